The molecule has 1 aliphatic carbocycles. The van der Waals surface area contributed by atoms with Gasteiger partial charge in [0.25, 0.3) is 5.91 Å². The number of primary amides is 1. The number of benzene rings is 4. The monoisotopic (exact) mass is 1250 g/mol. The van der Waals surface area contributed by atoms with Crippen molar-refractivity contribution in [2.24, 2.45) is 5.73 Å². The molecule has 3 heterocycles. The number of nitrogens with zero attached hydrogens (tertiary/aromatic N) is 4. The van der Waals surface area contributed by atoms with Crippen LogP contribution in [0.15, 0.2) is 144 Å². The van der Waals surface area contributed by atoms with Crippen LogP contribution in [-0.4, -0.2) is 109 Å². The van der Waals surface area contributed by atoms with E-state index < -0.39 is 97.5 Å². The molecule has 2 unspecified atom stereocenters. The second-order valence-electron chi connectivity index (χ2n) is 22.0. The molecule has 21 nitrogen and oxygen atoms in total. The molecule has 0 spiro atoms. The number of hydrogen-bond donors (Lipinski definition) is 2. The summed E-state index contributed by atoms with van der Waals surface area (Å²) < 4.78 is 137. The number of carbonyl (C=O) groups is 3. The Bertz CT molecular complexity index is 4210. The summed E-state index contributed by atoms with van der Waals surface area (Å²) in [5.41, 5.74) is 7.57. The molecule has 1 aliphatic rings. The summed E-state index contributed by atoms with van der Waals surface area (Å²) in [6.45, 7) is 11.5. The van der Waals surface area contributed by atoms with E-state index in [0.29, 0.717) is 35.7 Å². The fraction of sp³-hybridized carbons (Fsp3) is 0.357. The van der Waals surface area contributed by atoms with Gasteiger partial charge in [-0.25, -0.2) is 47.1 Å². The van der Waals surface area contributed by atoms with Crippen LogP contribution in [0, 0.1) is 0 Å². The lowest BCUT2D eigenvalue weighted by molar-refractivity contribution is -0.123. The van der Waals surface area contributed by atoms with Crippen LogP contribution in [0.1, 0.15) is 95.5 Å². The first-order valence-corrected chi connectivity index (χ1v) is 34.6. The number of ether oxygens (including phenoxy) is 1. The predicted molar refractivity (Wildman–Crippen MR) is 314 cm³/mol. The SMILES string of the molecule is CC(C)(C(=O)Nc1cnc2ccccc2c1)S(=O)(=O)c1ccc(S(C)(=O)=O)cc1.COc1ccc(S(=O)(=O)C(C)(C)C(=O)N(c2cc(C(C)(C)C)no2)C(c2nc3c(s2)CCCC3)C(C)(C(N)=O)S(=O)(=O)c2ccc(S(C)(=O)=O)cc2)cc1. The van der Waals surface area contributed by atoms with Crippen LogP contribution in [0.5, 0.6) is 5.75 Å². The maximum absolute atomic E-state index is 15.3. The van der Waals surface area contributed by atoms with Gasteiger partial charge >= 0.3 is 0 Å². The molecule has 3 amide bonds. The van der Waals surface area contributed by atoms with Crippen LogP contribution in [0.25, 0.3) is 10.9 Å². The maximum atomic E-state index is 15.3. The number of nitrogens with two attached hydrogens (primary N) is 1. The highest BCUT2D eigenvalue weighted by atomic mass is 32.2. The highest BCUT2D eigenvalue weighted by Gasteiger charge is 2.61. The van der Waals surface area contributed by atoms with Crippen molar-refractivity contribution in [3.8, 4) is 5.75 Å². The Kier molecular flexibility index (Phi) is 17.6. The molecule has 0 radical (unpaired) electrons. The first-order valence-electron chi connectivity index (χ1n) is 25.6. The first-order chi connectivity index (χ1) is 38.3. The number of fused-ring (bicyclic) bond motifs is 2. The van der Waals surface area contributed by atoms with Gasteiger partial charge in [0.2, 0.25) is 17.7 Å². The molecule has 0 saturated carbocycles. The number of aromatic nitrogens is 3. The van der Waals surface area contributed by atoms with E-state index in [1.807, 2.05) is 45.0 Å². The summed E-state index contributed by atoms with van der Waals surface area (Å²) in [6.07, 6.45) is 6.23. The van der Waals surface area contributed by atoms with E-state index in [9.17, 15) is 51.7 Å². The fourth-order valence-corrected chi connectivity index (χ4v) is 16.1. The summed E-state index contributed by atoms with van der Waals surface area (Å²) in [4.78, 5) is 51.8. The highest BCUT2D eigenvalue weighted by Crippen LogP contribution is 2.48. The number of aryl methyl sites for hydroxylation is 2. The van der Waals surface area contributed by atoms with Crippen LogP contribution < -0.4 is 20.7 Å². The third-order valence-corrected chi connectivity index (χ3v) is 25.1. The van der Waals surface area contributed by atoms with Gasteiger partial charge in [0.15, 0.2) is 53.9 Å². The molecule has 83 heavy (non-hydrogen) atoms. The maximum Gasteiger partial charge on any atom is 0.251 e. The Morgan fingerprint density at radius 2 is 1.16 bits per heavy atom. The predicted octanol–water partition coefficient (Wildman–Crippen LogP) is 7.59. The fourth-order valence-electron chi connectivity index (χ4n) is 8.84. The van der Waals surface area contributed by atoms with Gasteiger partial charge in [0.05, 0.1) is 60.4 Å². The lowest BCUT2D eigenvalue weighted by atomic mass is 9.92. The largest absolute Gasteiger partial charge is 0.497 e. The Balaban J connectivity index is 0.000000286. The van der Waals surface area contributed by atoms with E-state index in [-0.39, 0.29) is 30.5 Å². The van der Waals surface area contributed by atoms with Gasteiger partial charge in [-0.15, -0.1) is 11.3 Å². The first kappa shape index (κ1) is 63.7. The number of anilines is 2. The third kappa shape index (κ3) is 12.4. The standard InChI is InChI=1S/C36H44N4O10S4.C20H20N2O5S2/c1-34(2,3)28-21-29(50-39-28)40(33(42)35(4,5)53(45,46)24-15-13-22(49-7)14-16-24)30(31-38-26-11-9-10-12-27(26)51-31)36(6,32(37)41)54(47,48)25-19-17-23(18-20-25)52(8,43)44;1-20(2,29(26,27)17-10-8-16(9-11-17)28(3,24)25)19(23)22-15-12-14-6-4-5-7-18(14)21-13-15/h13-21,30H,9-12H2,1-8H3,(H2,37,41);4-13H,1-3H3,(H,22,23). The summed E-state index contributed by atoms with van der Waals surface area (Å²) in [5.74, 6) is -3.26. The van der Waals surface area contributed by atoms with Crippen LogP contribution in [-0.2, 0) is 81.8 Å². The number of hydrogen-bond acceptors (Lipinski definition) is 19. The van der Waals surface area contributed by atoms with E-state index >= 15 is 4.79 Å². The number of rotatable bonds is 17. The Morgan fingerprint density at radius 1 is 0.663 bits per heavy atom. The van der Waals surface area contributed by atoms with Gasteiger partial charge in [-0.2, -0.15) is 0 Å². The van der Waals surface area contributed by atoms with E-state index in [2.05, 4.69) is 15.5 Å². The molecule has 7 aromatic rings. The second-order valence-corrected chi connectivity index (χ2v) is 34.5. The van der Waals surface area contributed by atoms with Crippen molar-refractivity contribution in [3.05, 3.63) is 137 Å². The molecular formula is C56H64N6O15S6. The van der Waals surface area contributed by atoms with Crippen molar-refractivity contribution < 1.29 is 65.7 Å². The Labute approximate surface area is 487 Å². The molecule has 8 rings (SSSR count). The number of methoxy groups -OCH3 is 1. The second kappa shape index (κ2) is 22.9. The van der Waals surface area contributed by atoms with E-state index in [1.165, 1.54) is 95.6 Å². The Morgan fingerprint density at radius 3 is 1.65 bits per heavy atom. The van der Waals surface area contributed by atoms with Crippen molar-refractivity contribution >= 4 is 101 Å². The zero-order valence-electron chi connectivity index (χ0n) is 47.3. The number of pyridine rings is 1. The summed E-state index contributed by atoms with van der Waals surface area (Å²) in [7, 11) is -19.4. The van der Waals surface area contributed by atoms with Crippen molar-refractivity contribution in [1.82, 2.24) is 15.1 Å². The minimum atomic E-state index is -4.98. The number of amides is 3. The van der Waals surface area contributed by atoms with Gasteiger partial charge in [-0.3, -0.25) is 24.3 Å². The summed E-state index contributed by atoms with van der Waals surface area (Å²) >= 11 is 1.09. The smallest absolute Gasteiger partial charge is 0.251 e. The molecule has 4 aromatic carbocycles. The number of thiazole rings is 1. The van der Waals surface area contributed by atoms with Crippen molar-refractivity contribution in [2.75, 3.05) is 29.8 Å². The summed E-state index contributed by atoms with van der Waals surface area (Å²) in [5, 5.41) is 7.58. The third-order valence-electron chi connectivity index (χ3n) is 14.4. The van der Waals surface area contributed by atoms with E-state index in [1.54, 1.807) is 6.07 Å². The lowest BCUT2D eigenvalue weighted by Crippen LogP contribution is -2.61. The normalized spacial score (nSPS) is 14.7. The average molecular weight is 1250 g/mol. The highest BCUT2D eigenvalue weighted by molar-refractivity contribution is 7.94. The quantitative estimate of drug-likeness (QED) is 0.0886. The zero-order valence-corrected chi connectivity index (χ0v) is 52.2. The summed E-state index contributed by atoms with van der Waals surface area (Å²) in [6, 6.07) is 23.0. The van der Waals surface area contributed by atoms with Crippen LogP contribution >= 0.6 is 11.3 Å². The molecular weight excluding hydrogens is 1190 g/mol. The van der Waals surface area contributed by atoms with Gasteiger partial charge in [0, 0.05) is 34.3 Å². The number of sulfone groups is 5. The number of carbonyl (C=O) groups excluding carboxylic acids is 3. The molecule has 0 bridgehead atoms. The van der Waals surface area contributed by atoms with Crippen molar-refractivity contribution in [3.63, 3.8) is 0 Å². The molecule has 0 aliphatic heterocycles. The molecule has 444 valence electrons. The average Bonchev–Trinajstić information content (AvgIpc) is 3.34. The molecule has 3 aromatic heterocycles. The van der Waals surface area contributed by atoms with Crippen molar-refractivity contribution in [2.45, 2.75) is 131 Å². The van der Waals surface area contributed by atoms with Crippen molar-refractivity contribution in [1.29, 1.82) is 0 Å². The van der Waals surface area contributed by atoms with Gasteiger partial charge in [-0.1, -0.05) is 44.1 Å². The molecule has 27 heteroatoms. The minimum absolute atomic E-state index is 0.000708. The van der Waals surface area contributed by atoms with E-state index in [0.717, 1.165) is 88.6 Å². The molecule has 0 saturated heterocycles. The van der Waals surface area contributed by atoms with Crippen LogP contribution in [0.2, 0.25) is 0 Å². The van der Waals surface area contributed by atoms with Crippen LogP contribution in [0.3, 0.4) is 0 Å². The van der Waals surface area contributed by atoms with Gasteiger partial charge < -0.3 is 20.3 Å². The Hall–Kier alpha value is -6.91. The van der Waals surface area contributed by atoms with E-state index in [4.69, 9.17) is 20.0 Å². The van der Waals surface area contributed by atoms with Gasteiger partial charge in [0.1, 0.15) is 26.3 Å². The van der Waals surface area contributed by atoms with Gasteiger partial charge in [-0.05, 0) is 145 Å². The topological polar surface area (TPSA) is 324 Å². The lowest BCUT2D eigenvalue weighted by Gasteiger charge is -2.41. The number of para-hydroxylation sites is 1. The van der Waals surface area contributed by atoms with Crippen LogP contribution in [0.4, 0.5) is 11.6 Å². The molecule has 2 atom stereocenters. The minimum Gasteiger partial charge on any atom is -0.497 e. The zero-order chi connectivity index (χ0) is 61.7. The number of nitrogens with one attached hydrogen (secondary N) is 1. The molecule has 0 fully saturated rings. The molecule has 3 N–H and O–H groups in total.